The molecule has 1 N–H and O–H groups in total. The molecule has 1 amide bonds. The lowest BCUT2D eigenvalue weighted by Crippen LogP contribution is -2.40. The summed E-state index contributed by atoms with van der Waals surface area (Å²) in [5.74, 6) is 0.383. The van der Waals surface area contributed by atoms with Crippen LogP contribution in [-0.2, 0) is 11.8 Å². The van der Waals surface area contributed by atoms with Crippen molar-refractivity contribution in [3.05, 3.63) is 109 Å². The summed E-state index contributed by atoms with van der Waals surface area (Å²) in [7, 11) is 3.42. The fraction of sp³-hybridized carbons (Fsp3) is 0.154. The molecule has 0 spiro atoms. The van der Waals surface area contributed by atoms with Crippen molar-refractivity contribution in [2.75, 3.05) is 12.4 Å². The van der Waals surface area contributed by atoms with Crippen LogP contribution in [0.15, 0.2) is 88.0 Å². The fourth-order valence-electron chi connectivity index (χ4n) is 4.10. The molecule has 0 saturated heterocycles. The first-order chi connectivity index (χ1) is 16.9. The Morgan fingerprint density at radius 3 is 2.54 bits per heavy atom. The van der Waals surface area contributed by atoms with Crippen LogP contribution in [0.25, 0.3) is 6.08 Å². The first-order valence-corrected chi connectivity index (χ1v) is 11.8. The van der Waals surface area contributed by atoms with Gasteiger partial charge in [-0.15, -0.1) is 0 Å². The van der Waals surface area contributed by atoms with Gasteiger partial charge in [0, 0.05) is 24.5 Å². The summed E-state index contributed by atoms with van der Waals surface area (Å²) in [5, 5.41) is 7.13. The van der Waals surface area contributed by atoms with Crippen molar-refractivity contribution in [1.82, 2.24) is 14.3 Å². The van der Waals surface area contributed by atoms with Crippen molar-refractivity contribution in [2.45, 2.75) is 13.0 Å². The molecule has 0 saturated carbocycles. The molecule has 1 aliphatic heterocycles. The summed E-state index contributed by atoms with van der Waals surface area (Å²) in [5.41, 5.74) is 3.04. The number of nitrogens with zero attached hydrogens (tertiary/aromatic N) is 4. The highest BCUT2D eigenvalue weighted by molar-refractivity contribution is 7.07. The molecule has 35 heavy (non-hydrogen) atoms. The standard InChI is InChI=1S/C26H23N5O3S/c1-16-22(24(32)29-19-7-5-4-6-8-19)23(18-9-11-20(34-3)12-10-18)31-25(33)21(35-26(31)28-16)13-17-14-27-30(2)15-17/h4-15,23H,1-3H3,(H,29,32)/b21-13-. The zero-order valence-electron chi connectivity index (χ0n) is 19.4. The molecular weight excluding hydrogens is 462 g/mol. The maximum Gasteiger partial charge on any atom is 0.271 e. The molecule has 1 aliphatic rings. The second-order valence-electron chi connectivity index (χ2n) is 8.12. The van der Waals surface area contributed by atoms with Crippen molar-refractivity contribution in [3.8, 4) is 5.75 Å². The number of methoxy groups -OCH3 is 1. The number of aryl methyl sites for hydroxylation is 1. The maximum atomic E-state index is 13.6. The summed E-state index contributed by atoms with van der Waals surface area (Å²) in [6.07, 6.45) is 5.33. The summed E-state index contributed by atoms with van der Waals surface area (Å²) in [4.78, 5) is 32.4. The van der Waals surface area contributed by atoms with E-state index >= 15 is 0 Å². The van der Waals surface area contributed by atoms with Crippen LogP contribution < -0.4 is 24.9 Å². The summed E-state index contributed by atoms with van der Waals surface area (Å²) >= 11 is 1.29. The Kier molecular flexibility index (Phi) is 5.92. The van der Waals surface area contributed by atoms with Crippen molar-refractivity contribution >= 4 is 29.0 Å². The van der Waals surface area contributed by atoms with Crippen molar-refractivity contribution in [1.29, 1.82) is 0 Å². The van der Waals surface area contributed by atoms with E-state index in [0.29, 0.717) is 32.0 Å². The Morgan fingerprint density at radius 1 is 1.14 bits per heavy atom. The molecule has 1 unspecified atom stereocenters. The predicted molar refractivity (Wildman–Crippen MR) is 135 cm³/mol. The van der Waals surface area contributed by atoms with Crippen molar-refractivity contribution in [2.24, 2.45) is 12.0 Å². The third-order valence-corrected chi connectivity index (χ3v) is 6.74. The van der Waals surface area contributed by atoms with E-state index in [9.17, 15) is 9.59 Å². The van der Waals surface area contributed by atoms with Gasteiger partial charge in [0.05, 0.1) is 35.2 Å². The first-order valence-electron chi connectivity index (χ1n) is 11.0. The van der Waals surface area contributed by atoms with E-state index in [2.05, 4.69) is 15.4 Å². The Balaban J connectivity index is 1.67. The Bertz CT molecular complexity index is 1610. The SMILES string of the molecule is COc1ccc(C2C(C(=O)Nc3ccccc3)=C(C)N=c3s/c(=C\c4cnn(C)c4)c(=O)n32)cc1. The summed E-state index contributed by atoms with van der Waals surface area (Å²) in [6, 6.07) is 16.0. The molecule has 0 aliphatic carbocycles. The normalized spacial score (nSPS) is 15.5. The number of nitrogens with one attached hydrogen (secondary N) is 1. The number of carbonyl (C=O) groups excluding carboxylic acids is 1. The molecule has 0 fully saturated rings. The number of amides is 1. The van der Waals surface area contributed by atoms with E-state index < -0.39 is 6.04 Å². The number of hydrogen-bond acceptors (Lipinski definition) is 6. The second kappa shape index (κ2) is 9.19. The number of para-hydroxylation sites is 1. The van der Waals surface area contributed by atoms with E-state index in [4.69, 9.17) is 4.74 Å². The largest absolute Gasteiger partial charge is 0.497 e. The van der Waals surface area contributed by atoms with Gasteiger partial charge in [0.25, 0.3) is 11.5 Å². The first kappa shape index (κ1) is 22.5. The van der Waals surface area contributed by atoms with E-state index in [1.54, 1.807) is 35.6 Å². The number of fused-ring (bicyclic) bond motifs is 1. The summed E-state index contributed by atoms with van der Waals surface area (Å²) < 4.78 is 9.11. The lowest BCUT2D eigenvalue weighted by atomic mass is 9.95. The zero-order chi connectivity index (χ0) is 24.5. The number of rotatable bonds is 5. The smallest absolute Gasteiger partial charge is 0.271 e. The topological polar surface area (TPSA) is 90.5 Å². The highest BCUT2D eigenvalue weighted by Gasteiger charge is 2.32. The third-order valence-electron chi connectivity index (χ3n) is 5.75. The van der Waals surface area contributed by atoms with Gasteiger partial charge in [-0.25, -0.2) is 4.99 Å². The molecule has 0 bridgehead atoms. The predicted octanol–water partition coefficient (Wildman–Crippen LogP) is 2.62. The van der Waals surface area contributed by atoms with Gasteiger partial charge in [0.1, 0.15) is 5.75 Å². The van der Waals surface area contributed by atoms with Crippen LogP contribution in [-0.4, -0.2) is 27.4 Å². The van der Waals surface area contributed by atoms with Gasteiger partial charge < -0.3 is 10.1 Å². The van der Waals surface area contributed by atoms with Gasteiger partial charge >= 0.3 is 0 Å². The average molecular weight is 486 g/mol. The van der Waals surface area contributed by atoms with Gasteiger partial charge in [0.2, 0.25) is 0 Å². The maximum absolute atomic E-state index is 13.6. The molecular formula is C26H23N5O3S. The molecule has 2 aromatic heterocycles. The molecule has 8 nitrogen and oxygen atoms in total. The summed E-state index contributed by atoms with van der Waals surface area (Å²) in [6.45, 7) is 1.80. The molecule has 4 aromatic rings. The van der Waals surface area contributed by atoms with Crippen LogP contribution in [0, 0.1) is 0 Å². The van der Waals surface area contributed by atoms with Gasteiger partial charge in [-0.2, -0.15) is 5.10 Å². The van der Waals surface area contributed by atoms with Crippen LogP contribution >= 0.6 is 11.3 Å². The number of ether oxygens (including phenoxy) is 1. The molecule has 2 aromatic carbocycles. The van der Waals surface area contributed by atoms with Crippen molar-refractivity contribution < 1.29 is 9.53 Å². The fourth-order valence-corrected chi connectivity index (χ4v) is 5.15. The average Bonchev–Trinajstić information content (AvgIpc) is 3.41. The lowest BCUT2D eigenvalue weighted by molar-refractivity contribution is -0.113. The Labute approximate surface area is 205 Å². The molecule has 1 atom stereocenters. The second-order valence-corrected chi connectivity index (χ2v) is 9.13. The quantitative estimate of drug-likeness (QED) is 0.471. The van der Waals surface area contributed by atoms with Gasteiger partial charge in [0.15, 0.2) is 4.80 Å². The van der Waals surface area contributed by atoms with E-state index in [1.165, 1.54) is 11.3 Å². The Morgan fingerprint density at radius 2 is 1.89 bits per heavy atom. The molecule has 9 heteroatoms. The van der Waals surface area contributed by atoms with Crippen molar-refractivity contribution in [3.63, 3.8) is 0 Å². The number of allylic oxidation sites excluding steroid dienone is 1. The molecule has 3 heterocycles. The van der Waals surface area contributed by atoms with E-state index in [0.717, 1.165) is 11.1 Å². The number of anilines is 1. The minimum Gasteiger partial charge on any atom is -0.497 e. The monoisotopic (exact) mass is 485 g/mol. The minimum absolute atomic E-state index is 0.212. The highest BCUT2D eigenvalue weighted by atomic mass is 32.1. The number of thiazole rings is 1. The molecule has 5 rings (SSSR count). The minimum atomic E-state index is -0.642. The van der Waals surface area contributed by atoms with E-state index in [1.807, 2.05) is 67.8 Å². The Hall–Kier alpha value is -4.24. The van der Waals surface area contributed by atoms with Crippen LogP contribution in [0.5, 0.6) is 5.75 Å². The third kappa shape index (κ3) is 4.33. The van der Waals surface area contributed by atoms with Crippen LogP contribution in [0.2, 0.25) is 0 Å². The van der Waals surface area contributed by atoms with Gasteiger partial charge in [-0.1, -0.05) is 41.7 Å². The highest BCUT2D eigenvalue weighted by Crippen LogP contribution is 2.31. The number of hydrogen-bond donors (Lipinski definition) is 1. The number of carbonyl (C=O) groups is 1. The van der Waals surface area contributed by atoms with Crippen LogP contribution in [0.4, 0.5) is 5.69 Å². The van der Waals surface area contributed by atoms with Gasteiger partial charge in [-0.05, 0) is 42.8 Å². The number of benzene rings is 2. The molecule has 0 radical (unpaired) electrons. The van der Waals surface area contributed by atoms with Crippen LogP contribution in [0.1, 0.15) is 24.1 Å². The van der Waals surface area contributed by atoms with Gasteiger partial charge in [-0.3, -0.25) is 18.8 Å². The zero-order valence-corrected chi connectivity index (χ0v) is 20.2. The number of aromatic nitrogens is 3. The van der Waals surface area contributed by atoms with E-state index in [-0.39, 0.29) is 11.5 Å². The molecule has 176 valence electrons. The van der Waals surface area contributed by atoms with Crippen LogP contribution in [0.3, 0.4) is 0 Å². The lowest BCUT2D eigenvalue weighted by Gasteiger charge is -2.25.